The number of amides is 1. The molecule has 9 heteroatoms. The fourth-order valence-corrected chi connectivity index (χ4v) is 5.55. The molecule has 3 aromatic rings. The zero-order valence-electron chi connectivity index (χ0n) is 19.0. The maximum atomic E-state index is 13.1. The number of hydrogen-bond acceptors (Lipinski definition) is 6. The van der Waals surface area contributed by atoms with Crippen LogP contribution in [-0.2, 0) is 16.6 Å². The van der Waals surface area contributed by atoms with E-state index in [1.54, 1.807) is 60.4 Å². The van der Waals surface area contributed by atoms with E-state index in [0.717, 1.165) is 5.56 Å². The average molecular weight is 480 g/mol. The molecule has 34 heavy (non-hydrogen) atoms. The third-order valence-corrected chi connectivity index (χ3v) is 7.78. The van der Waals surface area contributed by atoms with Crippen molar-refractivity contribution in [3.8, 4) is 11.8 Å². The van der Waals surface area contributed by atoms with Crippen molar-refractivity contribution in [1.29, 1.82) is 5.26 Å². The first-order valence-electron chi connectivity index (χ1n) is 10.9. The fourth-order valence-electron chi connectivity index (χ4n) is 3.92. The van der Waals surface area contributed by atoms with E-state index in [1.165, 1.54) is 4.31 Å². The number of carbonyl (C=O) groups excluding carboxylic acids is 1. The Hall–Kier alpha value is -3.61. The molecule has 0 aliphatic carbocycles. The number of benzene rings is 2. The van der Waals surface area contributed by atoms with E-state index in [4.69, 9.17) is 14.4 Å². The van der Waals surface area contributed by atoms with Crippen LogP contribution in [0.3, 0.4) is 0 Å². The molecule has 176 valence electrons. The molecule has 1 fully saturated rings. The van der Waals surface area contributed by atoms with Gasteiger partial charge < -0.3 is 14.1 Å². The van der Waals surface area contributed by atoms with E-state index >= 15 is 0 Å². The van der Waals surface area contributed by atoms with Gasteiger partial charge in [0.2, 0.25) is 10.0 Å². The highest BCUT2D eigenvalue weighted by Crippen LogP contribution is 2.23. The number of para-hydroxylation sites is 1. The van der Waals surface area contributed by atoms with Gasteiger partial charge in [0, 0.05) is 26.2 Å². The number of rotatable bonds is 6. The number of piperazine rings is 1. The molecule has 0 unspecified atom stereocenters. The fraction of sp³-hybridized carbons (Fsp3) is 0.280. The van der Waals surface area contributed by atoms with Crippen LogP contribution in [0, 0.1) is 25.2 Å². The number of furan rings is 1. The lowest BCUT2D eigenvalue weighted by Crippen LogP contribution is -2.50. The van der Waals surface area contributed by atoms with Crippen LogP contribution in [0.1, 0.15) is 33.0 Å². The van der Waals surface area contributed by atoms with Gasteiger partial charge in [0.05, 0.1) is 10.5 Å². The Labute approximate surface area is 199 Å². The third-order valence-electron chi connectivity index (χ3n) is 5.72. The van der Waals surface area contributed by atoms with Gasteiger partial charge in [-0.1, -0.05) is 29.8 Å². The molecule has 2 heterocycles. The van der Waals surface area contributed by atoms with Crippen molar-refractivity contribution in [3.05, 3.63) is 82.8 Å². The lowest BCUT2D eigenvalue weighted by atomic mass is 10.2. The molecule has 0 atom stereocenters. The molecule has 4 rings (SSSR count). The van der Waals surface area contributed by atoms with Gasteiger partial charge in [0.1, 0.15) is 24.2 Å². The first kappa shape index (κ1) is 23.5. The van der Waals surface area contributed by atoms with Crippen molar-refractivity contribution < 1.29 is 22.4 Å². The van der Waals surface area contributed by atoms with Crippen LogP contribution in [0.25, 0.3) is 0 Å². The van der Waals surface area contributed by atoms with E-state index in [9.17, 15) is 13.2 Å². The Morgan fingerprint density at radius 3 is 2.50 bits per heavy atom. The molecule has 1 amide bonds. The summed E-state index contributed by atoms with van der Waals surface area (Å²) < 4.78 is 38.9. The Morgan fingerprint density at radius 2 is 1.79 bits per heavy atom. The van der Waals surface area contributed by atoms with Gasteiger partial charge in [-0.3, -0.25) is 4.79 Å². The van der Waals surface area contributed by atoms with Gasteiger partial charge in [0.15, 0.2) is 5.76 Å². The van der Waals surface area contributed by atoms with Crippen LogP contribution in [-0.4, -0.2) is 49.7 Å². The zero-order valence-corrected chi connectivity index (χ0v) is 19.8. The first-order chi connectivity index (χ1) is 16.3. The van der Waals surface area contributed by atoms with E-state index in [-0.39, 0.29) is 44.5 Å². The summed E-state index contributed by atoms with van der Waals surface area (Å²) in [5.74, 6) is 0.757. The summed E-state index contributed by atoms with van der Waals surface area (Å²) in [7, 11) is -3.63. The summed E-state index contributed by atoms with van der Waals surface area (Å²) in [5, 5.41) is 9.15. The zero-order chi connectivity index (χ0) is 24.3. The quantitative estimate of drug-likeness (QED) is 0.536. The Bertz CT molecular complexity index is 1350. The molecule has 1 aliphatic rings. The molecule has 0 radical (unpaired) electrons. The third kappa shape index (κ3) is 4.83. The summed E-state index contributed by atoms with van der Waals surface area (Å²) in [4.78, 5) is 14.8. The van der Waals surface area contributed by atoms with Crippen molar-refractivity contribution in [2.45, 2.75) is 25.3 Å². The maximum absolute atomic E-state index is 13.1. The van der Waals surface area contributed by atoms with Crippen LogP contribution in [0.5, 0.6) is 5.75 Å². The Morgan fingerprint density at radius 1 is 1.06 bits per heavy atom. The van der Waals surface area contributed by atoms with Crippen molar-refractivity contribution in [1.82, 2.24) is 9.21 Å². The maximum Gasteiger partial charge on any atom is 0.289 e. The standard InChI is InChI=1S/C25H25N3O5S/c1-18-7-10-24(19(2)15-18)34(30,31)28-13-11-27(12-14-28)25(29)23-9-8-21(33-23)17-32-22-6-4-3-5-20(22)16-26/h3-10,15H,11-14,17H2,1-2H3. The first-order valence-corrected chi connectivity index (χ1v) is 12.3. The highest BCUT2D eigenvalue weighted by Gasteiger charge is 2.32. The van der Waals surface area contributed by atoms with E-state index in [1.807, 2.05) is 13.0 Å². The predicted octanol–water partition coefficient (Wildman–Crippen LogP) is 3.49. The lowest BCUT2D eigenvalue weighted by Gasteiger charge is -2.33. The number of carbonyl (C=O) groups is 1. The normalized spacial score (nSPS) is 14.6. The minimum Gasteiger partial charge on any atom is -0.484 e. The van der Waals surface area contributed by atoms with Crippen molar-refractivity contribution >= 4 is 15.9 Å². The molecule has 0 spiro atoms. The number of nitrogens with zero attached hydrogens (tertiary/aromatic N) is 3. The average Bonchev–Trinajstić information content (AvgIpc) is 3.31. The van der Waals surface area contributed by atoms with Gasteiger partial charge >= 0.3 is 0 Å². The number of ether oxygens (including phenoxy) is 1. The molecule has 2 aromatic carbocycles. The summed E-state index contributed by atoms with van der Waals surface area (Å²) in [5.41, 5.74) is 2.13. The van der Waals surface area contributed by atoms with Crippen molar-refractivity contribution in [3.63, 3.8) is 0 Å². The van der Waals surface area contributed by atoms with Crippen LogP contribution in [0.4, 0.5) is 0 Å². The lowest BCUT2D eigenvalue weighted by molar-refractivity contribution is 0.0662. The minimum atomic E-state index is -3.63. The summed E-state index contributed by atoms with van der Waals surface area (Å²) in [6, 6.07) is 17.5. The monoisotopic (exact) mass is 479 g/mol. The molecule has 0 N–H and O–H groups in total. The van der Waals surface area contributed by atoms with E-state index < -0.39 is 10.0 Å². The topological polar surface area (TPSA) is 104 Å². The summed E-state index contributed by atoms with van der Waals surface area (Å²) in [6.45, 7) is 4.75. The second-order valence-corrected chi connectivity index (χ2v) is 10.0. The number of nitriles is 1. The largest absolute Gasteiger partial charge is 0.484 e. The van der Waals surface area contributed by atoms with E-state index in [0.29, 0.717) is 27.5 Å². The summed E-state index contributed by atoms with van der Waals surface area (Å²) >= 11 is 0. The molecule has 0 saturated carbocycles. The van der Waals surface area contributed by atoms with Gasteiger partial charge in [-0.15, -0.1) is 0 Å². The number of aryl methyl sites for hydroxylation is 2. The molecule has 1 aliphatic heterocycles. The van der Waals surface area contributed by atoms with Gasteiger partial charge in [-0.05, 0) is 49.7 Å². The minimum absolute atomic E-state index is 0.0773. The highest BCUT2D eigenvalue weighted by molar-refractivity contribution is 7.89. The second kappa shape index (κ2) is 9.71. The molecule has 8 nitrogen and oxygen atoms in total. The molecule has 1 aromatic heterocycles. The van der Waals surface area contributed by atoms with Crippen molar-refractivity contribution in [2.24, 2.45) is 0 Å². The van der Waals surface area contributed by atoms with Crippen LogP contribution < -0.4 is 4.74 Å². The number of hydrogen-bond donors (Lipinski definition) is 0. The van der Waals surface area contributed by atoms with Crippen LogP contribution in [0.2, 0.25) is 0 Å². The Kier molecular flexibility index (Phi) is 6.72. The molecule has 1 saturated heterocycles. The van der Waals surface area contributed by atoms with Gasteiger partial charge in [-0.25, -0.2) is 8.42 Å². The molecular weight excluding hydrogens is 454 g/mol. The van der Waals surface area contributed by atoms with E-state index in [2.05, 4.69) is 6.07 Å². The summed E-state index contributed by atoms with van der Waals surface area (Å²) in [6.07, 6.45) is 0. The second-order valence-electron chi connectivity index (χ2n) is 8.13. The van der Waals surface area contributed by atoms with Gasteiger partial charge in [-0.2, -0.15) is 9.57 Å². The molecular formula is C25H25N3O5S. The van der Waals surface area contributed by atoms with Gasteiger partial charge in [0.25, 0.3) is 5.91 Å². The predicted molar refractivity (Wildman–Crippen MR) is 125 cm³/mol. The number of sulfonamides is 1. The van der Waals surface area contributed by atoms with Crippen molar-refractivity contribution in [2.75, 3.05) is 26.2 Å². The Balaban J connectivity index is 1.37. The molecule has 0 bridgehead atoms. The van der Waals surface area contributed by atoms with Crippen LogP contribution >= 0.6 is 0 Å². The van der Waals surface area contributed by atoms with Crippen LogP contribution in [0.15, 0.2) is 63.9 Å². The SMILES string of the molecule is Cc1ccc(S(=O)(=O)N2CCN(C(=O)c3ccc(COc4ccccc4C#N)o3)CC2)c(C)c1. The highest BCUT2D eigenvalue weighted by atomic mass is 32.2. The smallest absolute Gasteiger partial charge is 0.289 e.